The summed E-state index contributed by atoms with van der Waals surface area (Å²) in [6, 6.07) is 6.99. The third-order valence-corrected chi connectivity index (χ3v) is 3.43. The largest absolute Gasteiger partial charge is 0.328 e. The van der Waals surface area contributed by atoms with Crippen LogP contribution in [0.5, 0.6) is 0 Å². The van der Waals surface area contributed by atoms with Crippen LogP contribution in [-0.2, 0) is 12.8 Å². The number of benzene rings is 1. The van der Waals surface area contributed by atoms with Crippen molar-refractivity contribution in [2.75, 3.05) is 0 Å². The maximum Gasteiger partial charge on any atom is 0.0309 e. The van der Waals surface area contributed by atoms with E-state index in [1.54, 1.807) is 0 Å². The lowest BCUT2D eigenvalue weighted by Gasteiger charge is -2.20. The monoisotopic (exact) mass is 218 g/mol. The maximum absolute atomic E-state index is 6.15. The first kappa shape index (κ1) is 11.6. The molecule has 2 heteroatoms. The summed E-state index contributed by atoms with van der Waals surface area (Å²) in [6.45, 7) is 2.01. The zero-order valence-electron chi connectivity index (χ0n) is 10.1. The molecule has 1 aliphatic rings. The van der Waals surface area contributed by atoms with Gasteiger partial charge in [-0.25, -0.2) is 0 Å². The van der Waals surface area contributed by atoms with Crippen LogP contribution in [0.15, 0.2) is 18.2 Å². The Labute approximate surface area is 98.0 Å². The fourth-order valence-corrected chi connectivity index (χ4v) is 2.52. The number of hydrogen-bond donors (Lipinski definition) is 2. The molecule has 88 valence electrons. The van der Waals surface area contributed by atoms with Gasteiger partial charge in [-0.1, -0.05) is 18.2 Å². The summed E-state index contributed by atoms with van der Waals surface area (Å²) < 4.78 is 0. The van der Waals surface area contributed by atoms with Crippen molar-refractivity contribution in [3.63, 3.8) is 0 Å². The lowest BCUT2D eigenvalue weighted by atomic mass is 9.88. The van der Waals surface area contributed by atoms with E-state index < -0.39 is 0 Å². The van der Waals surface area contributed by atoms with E-state index in [2.05, 4.69) is 18.2 Å². The van der Waals surface area contributed by atoms with Gasteiger partial charge in [-0.15, -0.1) is 0 Å². The molecule has 1 aromatic rings. The van der Waals surface area contributed by atoms with Crippen LogP contribution in [0, 0.1) is 0 Å². The van der Waals surface area contributed by atoms with E-state index in [1.807, 2.05) is 6.92 Å². The molecular weight excluding hydrogens is 196 g/mol. The summed E-state index contributed by atoms with van der Waals surface area (Å²) in [5.74, 6) is 0. The van der Waals surface area contributed by atoms with Crippen molar-refractivity contribution in [3.8, 4) is 0 Å². The highest BCUT2D eigenvalue weighted by Gasteiger charge is 2.13. The van der Waals surface area contributed by atoms with Crippen molar-refractivity contribution in [1.82, 2.24) is 0 Å². The Morgan fingerprint density at radius 2 is 1.81 bits per heavy atom. The van der Waals surface area contributed by atoms with E-state index in [0.29, 0.717) is 0 Å². The summed E-state index contributed by atoms with van der Waals surface area (Å²) in [7, 11) is 0. The van der Waals surface area contributed by atoms with E-state index in [-0.39, 0.29) is 12.1 Å². The summed E-state index contributed by atoms with van der Waals surface area (Å²) in [6.07, 6.45) is 5.96. The van der Waals surface area contributed by atoms with E-state index in [1.165, 1.54) is 42.4 Å². The molecule has 16 heavy (non-hydrogen) atoms. The third-order valence-electron chi connectivity index (χ3n) is 3.43. The van der Waals surface area contributed by atoms with Crippen LogP contribution >= 0.6 is 0 Å². The van der Waals surface area contributed by atoms with Gasteiger partial charge in [-0.05, 0) is 55.7 Å². The molecule has 0 amide bonds. The summed E-state index contributed by atoms with van der Waals surface area (Å²) in [4.78, 5) is 0. The number of rotatable bonds is 3. The summed E-state index contributed by atoms with van der Waals surface area (Å²) >= 11 is 0. The Morgan fingerprint density at radius 1 is 1.12 bits per heavy atom. The summed E-state index contributed by atoms with van der Waals surface area (Å²) in [5, 5.41) is 0. The highest BCUT2D eigenvalue weighted by atomic mass is 14.7. The molecule has 0 spiro atoms. The van der Waals surface area contributed by atoms with Gasteiger partial charge in [0.1, 0.15) is 0 Å². The topological polar surface area (TPSA) is 52.0 Å². The first-order valence-electron chi connectivity index (χ1n) is 6.29. The minimum atomic E-state index is 0.0900. The zero-order chi connectivity index (χ0) is 11.5. The molecule has 0 aliphatic heterocycles. The van der Waals surface area contributed by atoms with Gasteiger partial charge in [-0.3, -0.25) is 0 Å². The van der Waals surface area contributed by atoms with Crippen LogP contribution in [-0.4, -0.2) is 6.04 Å². The molecule has 4 N–H and O–H groups in total. The van der Waals surface area contributed by atoms with Crippen molar-refractivity contribution in [2.24, 2.45) is 11.5 Å². The van der Waals surface area contributed by atoms with Gasteiger partial charge in [0.05, 0.1) is 0 Å². The van der Waals surface area contributed by atoms with Gasteiger partial charge in [0.15, 0.2) is 0 Å². The summed E-state index contributed by atoms with van der Waals surface area (Å²) in [5.41, 5.74) is 16.2. The minimum Gasteiger partial charge on any atom is -0.328 e. The minimum absolute atomic E-state index is 0.0900. The Morgan fingerprint density at radius 3 is 2.50 bits per heavy atom. The van der Waals surface area contributed by atoms with Crippen LogP contribution in [0.4, 0.5) is 0 Å². The fourth-order valence-electron chi connectivity index (χ4n) is 2.52. The average molecular weight is 218 g/mol. The molecule has 0 fully saturated rings. The van der Waals surface area contributed by atoms with Crippen molar-refractivity contribution in [1.29, 1.82) is 0 Å². The molecule has 0 bridgehead atoms. The van der Waals surface area contributed by atoms with Crippen molar-refractivity contribution in [2.45, 2.75) is 51.1 Å². The number of nitrogens with two attached hydrogens (primary N) is 2. The second-order valence-electron chi connectivity index (χ2n) is 5.05. The molecule has 0 aromatic heterocycles. The highest BCUT2D eigenvalue weighted by molar-refractivity contribution is 5.35. The Kier molecular flexibility index (Phi) is 3.62. The van der Waals surface area contributed by atoms with Crippen LogP contribution in [0.25, 0.3) is 0 Å². The molecule has 0 heterocycles. The van der Waals surface area contributed by atoms with Gasteiger partial charge in [-0.2, -0.15) is 0 Å². The van der Waals surface area contributed by atoms with Crippen LogP contribution < -0.4 is 11.5 Å². The Hall–Kier alpha value is -0.860. The zero-order valence-corrected chi connectivity index (χ0v) is 10.1. The first-order chi connectivity index (χ1) is 7.66. The fraction of sp³-hybridized carbons (Fsp3) is 0.571. The molecule has 2 atom stereocenters. The quantitative estimate of drug-likeness (QED) is 0.818. The Bertz CT molecular complexity index is 358. The second-order valence-corrected chi connectivity index (χ2v) is 5.05. The van der Waals surface area contributed by atoms with Crippen molar-refractivity contribution >= 4 is 0 Å². The van der Waals surface area contributed by atoms with Gasteiger partial charge in [0.2, 0.25) is 0 Å². The lowest BCUT2D eigenvalue weighted by molar-refractivity contribution is 0.566. The predicted octanol–water partition coefficient (Wildman–Crippen LogP) is 2.30. The third kappa shape index (κ3) is 2.63. The van der Waals surface area contributed by atoms with E-state index in [0.717, 1.165) is 6.42 Å². The van der Waals surface area contributed by atoms with Gasteiger partial charge >= 0.3 is 0 Å². The molecule has 1 aliphatic carbocycles. The normalized spacial score (nSPS) is 18.9. The molecule has 2 unspecified atom stereocenters. The molecule has 2 rings (SSSR count). The molecular formula is C14H22N2. The number of fused-ring (bicyclic) bond motifs is 1. The van der Waals surface area contributed by atoms with Crippen molar-refractivity contribution < 1.29 is 0 Å². The molecule has 0 saturated heterocycles. The van der Waals surface area contributed by atoms with Crippen molar-refractivity contribution in [3.05, 3.63) is 34.9 Å². The molecule has 1 aromatic carbocycles. The van der Waals surface area contributed by atoms with Crippen LogP contribution in [0.1, 0.15) is 48.9 Å². The Balaban J connectivity index is 2.16. The van der Waals surface area contributed by atoms with Gasteiger partial charge in [0.25, 0.3) is 0 Å². The molecule has 0 saturated carbocycles. The smallest absolute Gasteiger partial charge is 0.0309 e. The highest BCUT2D eigenvalue weighted by Crippen LogP contribution is 2.25. The molecule has 2 nitrogen and oxygen atoms in total. The predicted molar refractivity (Wildman–Crippen MR) is 68.3 cm³/mol. The number of aryl methyl sites for hydroxylation is 2. The van der Waals surface area contributed by atoms with Gasteiger partial charge < -0.3 is 11.5 Å². The molecule has 0 radical (unpaired) electrons. The average Bonchev–Trinajstić information content (AvgIpc) is 2.27. The van der Waals surface area contributed by atoms with E-state index in [4.69, 9.17) is 11.5 Å². The standard InChI is InChI=1S/C14H22N2/c1-10(15)8-14(16)13-7-6-11-4-2-3-5-12(11)9-13/h6-7,9-10,14H,2-5,8,15-16H2,1H3. The SMILES string of the molecule is CC(N)CC(N)c1ccc2c(c1)CCCC2. The second kappa shape index (κ2) is 4.98. The van der Waals surface area contributed by atoms with Gasteiger partial charge in [0, 0.05) is 12.1 Å². The van der Waals surface area contributed by atoms with Crippen LogP contribution in [0.3, 0.4) is 0 Å². The lowest BCUT2D eigenvalue weighted by Crippen LogP contribution is -2.23. The van der Waals surface area contributed by atoms with E-state index >= 15 is 0 Å². The maximum atomic E-state index is 6.15. The van der Waals surface area contributed by atoms with E-state index in [9.17, 15) is 0 Å². The first-order valence-corrected chi connectivity index (χ1v) is 6.29. The van der Waals surface area contributed by atoms with Crippen LogP contribution in [0.2, 0.25) is 0 Å². The number of hydrogen-bond acceptors (Lipinski definition) is 2.